The number of nitrogens with one attached hydrogen (secondary N) is 2. The van der Waals surface area contributed by atoms with E-state index in [0.717, 1.165) is 36.7 Å². The number of hydrogen-bond donors (Lipinski definition) is 2. The highest BCUT2D eigenvalue weighted by Gasteiger charge is 2.06. The number of benzene rings is 2. The molecule has 0 spiro atoms. The van der Waals surface area contributed by atoms with Gasteiger partial charge in [-0.2, -0.15) is 0 Å². The molecule has 3 rings (SSSR count). The zero-order valence-corrected chi connectivity index (χ0v) is 18.6. The Morgan fingerprint density at radius 2 is 1.89 bits per heavy atom. The first kappa shape index (κ1) is 21.9. The molecule has 0 radical (unpaired) electrons. The van der Waals surface area contributed by atoms with Crippen LogP contribution in [0.5, 0.6) is 0 Å². The lowest BCUT2D eigenvalue weighted by Crippen LogP contribution is -2.38. The maximum absolute atomic E-state index is 5.57. The lowest BCUT2D eigenvalue weighted by atomic mass is 10.1. The van der Waals surface area contributed by atoms with Gasteiger partial charge in [0.15, 0.2) is 5.96 Å². The van der Waals surface area contributed by atoms with E-state index >= 15 is 0 Å². The highest BCUT2D eigenvalue weighted by molar-refractivity contribution is 14.0. The van der Waals surface area contributed by atoms with Crippen LogP contribution in [0.1, 0.15) is 23.7 Å². The fourth-order valence-electron chi connectivity index (χ4n) is 2.79. The average Bonchev–Trinajstić information content (AvgIpc) is 3.16. The molecule has 0 unspecified atom stereocenters. The first-order chi connectivity index (χ1) is 13.2. The van der Waals surface area contributed by atoms with Crippen LogP contribution < -0.4 is 10.6 Å². The highest BCUT2D eigenvalue weighted by atomic mass is 127. The third-order valence-electron chi connectivity index (χ3n) is 4.10. The predicted molar refractivity (Wildman–Crippen MR) is 125 cm³/mol. The van der Waals surface area contributed by atoms with Gasteiger partial charge < -0.3 is 15.1 Å². The number of aliphatic imine (C=N–C) groups is 1. The first-order valence-electron chi connectivity index (χ1n) is 9.32. The summed E-state index contributed by atoms with van der Waals surface area (Å²) in [7, 11) is 0. The van der Waals surface area contributed by atoms with Crippen molar-refractivity contribution >= 4 is 29.9 Å². The van der Waals surface area contributed by atoms with Gasteiger partial charge in [-0.15, -0.1) is 24.0 Å². The molecule has 5 nitrogen and oxygen atoms in total. The molecule has 2 aromatic carbocycles. The van der Waals surface area contributed by atoms with Gasteiger partial charge in [-0.3, -0.25) is 0 Å². The van der Waals surface area contributed by atoms with Crippen LogP contribution in [0.15, 0.2) is 70.3 Å². The van der Waals surface area contributed by atoms with Crippen LogP contribution >= 0.6 is 24.0 Å². The largest absolute Gasteiger partial charge is 0.444 e. The van der Waals surface area contributed by atoms with Crippen LogP contribution in [0.2, 0.25) is 0 Å². The Kier molecular flexibility index (Phi) is 9.00. The van der Waals surface area contributed by atoms with E-state index < -0.39 is 0 Å². The summed E-state index contributed by atoms with van der Waals surface area (Å²) < 4.78 is 5.57. The minimum Gasteiger partial charge on any atom is -0.444 e. The van der Waals surface area contributed by atoms with Crippen molar-refractivity contribution < 1.29 is 4.42 Å². The zero-order valence-electron chi connectivity index (χ0n) is 16.3. The van der Waals surface area contributed by atoms with Gasteiger partial charge >= 0.3 is 0 Å². The van der Waals surface area contributed by atoms with Crippen molar-refractivity contribution in [3.63, 3.8) is 0 Å². The molecule has 0 amide bonds. The molecule has 28 heavy (non-hydrogen) atoms. The van der Waals surface area contributed by atoms with Crippen molar-refractivity contribution in [1.29, 1.82) is 0 Å². The van der Waals surface area contributed by atoms with Gasteiger partial charge in [-0.1, -0.05) is 48.0 Å². The Balaban J connectivity index is 0.00000280. The van der Waals surface area contributed by atoms with Gasteiger partial charge in [0.05, 0.1) is 6.54 Å². The molecule has 6 heteroatoms. The van der Waals surface area contributed by atoms with E-state index in [1.165, 1.54) is 11.1 Å². The molecular weight excluding hydrogens is 463 g/mol. The molecule has 0 saturated carbocycles. The van der Waals surface area contributed by atoms with E-state index in [2.05, 4.69) is 58.7 Å². The number of halogens is 1. The lowest BCUT2D eigenvalue weighted by Gasteiger charge is -2.11. The van der Waals surface area contributed by atoms with Crippen molar-refractivity contribution in [3.8, 4) is 11.5 Å². The fourth-order valence-corrected chi connectivity index (χ4v) is 2.79. The second-order valence-electron chi connectivity index (χ2n) is 6.37. The Labute approximate surface area is 183 Å². The van der Waals surface area contributed by atoms with E-state index in [1.54, 1.807) is 6.26 Å². The molecule has 0 aliphatic rings. The summed E-state index contributed by atoms with van der Waals surface area (Å²) in [6.45, 7) is 6.27. The van der Waals surface area contributed by atoms with Gasteiger partial charge in [0.25, 0.3) is 0 Å². The second-order valence-corrected chi connectivity index (χ2v) is 6.37. The monoisotopic (exact) mass is 490 g/mol. The predicted octanol–water partition coefficient (Wildman–Crippen LogP) is 4.57. The highest BCUT2D eigenvalue weighted by Crippen LogP contribution is 2.18. The van der Waals surface area contributed by atoms with Gasteiger partial charge in [0.1, 0.15) is 12.0 Å². The number of aryl methyl sites for hydroxylation is 1. The topological polar surface area (TPSA) is 62.5 Å². The van der Waals surface area contributed by atoms with Crippen LogP contribution in [0.3, 0.4) is 0 Å². The second kappa shape index (κ2) is 11.5. The van der Waals surface area contributed by atoms with E-state index in [9.17, 15) is 0 Å². The van der Waals surface area contributed by atoms with Gasteiger partial charge in [0.2, 0.25) is 5.89 Å². The van der Waals surface area contributed by atoms with E-state index in [1.807, 2.05) is 30.3 Å². The maximum atomic E-state index is 5.57. The number of oxazole rings is 1. The molecule has 0 saturated heterocycles. The van der Waals surface area contributed by atoms with E-state index in [4.69, 9.17) is 4.42 Å². The number of nitrogens with zero attached hydrogens (tertiary/aromatic N) is 2. The number of rotatable bonds is 7. The molecule has 2 N–H and O–H groups in total. The van der Waals surface area contributed by atoms with Crippen LogP contribution in [0.25, 0.3) is 11.5 Å². The third-order valence-corrected chi connectivity index (χ3v) is 4.10. The van der Waals surface area contributed by atoms with Crippen LogP contribution in [-0.4, -0.2) is 24.0 Å². The van der Waals surface area contributed by atoms with E-state index in [-0.39, 0.29) is 24.0 Å². The fraction of sp³-hybridized carbons (Fsp3) is 0.273. The molecule has 3 aromatic rings. The summed E-state index contributed by atoms with van der Waals surface area (Å²) in [5.74, 6) is 1.41. The smallest absolute Gasteiger partial charge is 0.226 e. The van der Waals surface area contributed by atoms with Crippen LogP contribution in [0, 0.1) is 6.92 Å². The average molecular weight is 490 g/mol. The van der Waals surface area contributed by atoms with Crippen molar-refractivity contribution in [2.24, 2.45) is 4.99 Å². The van der Waals surface area contributed by atoms with Crippen molar-refractivity contribution in [3.05, 3.63) is 77.7 Å². The molecule has 148 valence electrons. The molecule has 0 aliphatic carbocycles. The lowest BCUT2D eigenvalue weighted by molar-refractivity contribution is 0.572. The zero-order chi connectivity index (χ0) is 18.9. The molecule has 0 bridgehead atoms. The third kappa shape index (κ3) is 6.67. The summed E-state index contributed by atoms with van der Waals surface area (Å²) in [4.78, 5) is 9.13. The van der Waals surface area contributed by atoms with Crippen molar-refractivity contribution in [1.82, 2.24) is 15.6 Å². The minimum atomic E-state index is 0. The number of hydrogen-bond acceptors (Lipinski definition) is 3. The Bertz CT molecular complexity index is 877. The summed E-state index contributed by atoms with van der Waals surface area (Å²) in [5.41, 5.74) is 4.39. The molecule has 0 fully saturated rings. The molecule has 0 aliphatic heterocycles. The molecular formula is C22H27IN4O. The number of aromatic nitrogens is 1. The van der Waals surface area contributed by atoms with Crippen molar-refractivity contribution in [2.75, 3.05) is 13.1 Å². The SMILES string of the molecule is CCNC(=NCc1coc(-c2ccccc2)n1)NCCc1cccc(C)c1.I. The summed E-state index contributed by atoms with van der Waals surface area (Å²) in [6, 6.07) is 18.5. The van der Waals surface area contributed by atoms with Gasteiger partial charge in [-0.25, -0.2) is 9.98 Å². The Morgan fingerprint density at radius 3 is 2.64 bits per heavy atom. The Hall–Kier alpha value is -2.35. The maximum Gasteiger partial charge on any atom is 0.226 e. The summed E-state index contributed by atoms with van der Waals surface area (Å²) in [5, 5.41) is 6.65. The number of guanidine groups is 1. The van der Waals surface area contributed by atoms with Crippen molar-refractivity contribution in [2.45, 2.75) is 26.8 Å². The van der Waals surface area contributed by atoms with Gasteiger partial charge in [-0.05, 0) is 38.0 Å². The van der Waals surface area contributed by atoms with Crippen LogP contribution in [-0.2, 0) is 13.0 Å². The Morgan fingerprint density at radius 1 is 1.07 bits per heavy atom. The molecule has 0 atom stereocenters. The van der Waals surface area contributed by atoms with E-state index in [0.29, 0.717) is 12.4 Å². The normalized spacial score (nSPS) is 11.0. The standard InChI is InChI=1S/C22H26N4O.HI/c1-3-23-22(24-13-12-18-9-7-8-17(2)14-18)25-15-20-16-27-21(26-20)19-10-5-4-6-11-19;/h4-11,14,16H,3,12-13,15H2,1-2H3,(H2,23,24,25);1H. The molecule has 1 heterocycles. The quantitative estimate of drug-likeness (QED) is 0.290. The summed E-state index contributed by atoms with van der Waals surface area (Å²) in [6.07, 6.45) is 2.62. The molecule has 1 aromatic heterocycles. The minimum absolute atomic E-state index is 0. The van der Waals surface area contributed by atoms with Gasteiger partial charge in [0, 0.05) is 18.7 Å². The first-order valence-corrected chi connectivity index (χ1v) is 9.32. The summed E-state index contributed by atoms with van der Waals surface area (Å²) >= 11 is 0. The van der Waals surface area contributed by atoms with Crippen LogP contribution in [0.4, 0.5) is 0 Å².